The molecule has 3 heterocycles. The van der Waals surface area contributed by atoms with Crippen molar-refractivity contribution in [2.75, 3.05) is 0 Å². The third-order valence-corrected chi connectivity index (χ3v) is 4.37. The minimum Gasteiger partial charge on any atom is -0.438 e. The van der Waals surface area contributed by atoms with E-state index >= 15 is 0 Å². The van der Waals surface area contributed by atoms with Crippen LogP contribution in [0.3, 0.4) is 0 Å². The van der Waals surface area contributed by atoms with E-state index in [1.165, 1.54) is 0 Å². The van der Waals surface area contributed by atoms with Crippen molar-refractivity contribution in [1.29, 1.82) is 0 Å². The maximum atomic E-state index is 11.4. The highest BCUT2D eigenvalue weighted by molar-refractivity contribution is 5.75. The van der Waals surface area contributed by atoms with Crippen LogP contribution in [0.15, 0.2) is 76.2 Å². The fourth-order valence-corrected chi connectivity index (χ4v) is 3.04. The van der Waals surface area contributed by atoms with Gasteiger partial charge in [-0.15, -0.1) is 0 Å². The average molecular weight is 385 g/mol. The van der Waals surface area contributed by atoms with Crippen LogP contribution in [-0.4, -0.2) is 25.1 Å². The molecule has 0 amide bonds. The van der Waals surface area contributed by atoms with Gasteiger partial charge < -0.3 is 19.2 Å². The SMILES string of the molecule is O=c1[nH]c2ccc(Cc3nc(-c4cccnc4Oc4ccccc4)no3)cc2[nH]1. The summed E-state index contributed by atoms with van der Waals surface area (Å²) < 4.78 is 11.3. The molecule has 0 aliphatic heterocycles. The minimum absolute atomic E-state index is 0.236. The topological polar surface area (TPSA) is 110 Å². The molecule has 29 heavy (non-hydrogen) atoms. The van der Waals surface area contributed by atoms with Crippen LogP contribution in [0.5, 0.6) is 11.6 Å². The van der Waals surface area contributed by atoms with Crippen molar-refractivity contribution in [3.05, 3.63) is 88.8 Å². The molecule has 0 spiro atoms. The lowest BCUT2D eigenvalue weighted by Crippen LogP contribution is -1.99. The van der Waals surface area contributed by atoms with Gasteiger partial charge in [-0.2, -0.15) is 4.98 Å². The summed E-state index contributed by atoms with van der Waals surface area (Å²) in [5, 5.41) is 4.08. The van der Waals surface area contributed by atoms with E-state index in [4.69, 9.17) is 9.26 Å². The first kappa shape index (κ1) is 16.9. The lowest BCUT2D eigenvalue weighted by Gasteiger charge is -2.06. The number of ether oxygens (including phenoxy) is 1. The molecule has 2 aromatic carbocycles. The molecular weight excluding hydrogens is 370 g/mol. The van der Waals surface area contributed by atoms with Crippen LogP contribution >= 0.6 is 0 Å². The fourth-order valence-electron chi connectivity index (χ4n) is 3.04. The summed E-state index contributed by atoms with van der Waals surface area (Å²) in [5.74, 6) is 1.92. The van der Waals surface area contributed by atoms with E-state index in [-0.39, 0.29) is 5.69 Å². The van der Waals surface area contributed by atoms with Gasteiger partial charge in [0.25, 0.3) is 0 Å². The van der Waals surface area contributed by atoms with E-state index in [0.717, 1.165) is 16.6 Å². The van der Waals surface area contributed by atoms with Crippen molar-refractivity contribution in [3.63, 3.8) is 0 Å². The highest BCUT2D eigenvalue weighted by Crippen LogP contribution is 2.29. The van der Waals surface area contributed by atoms with E-state index in [1.54, 1.807) is 12.3 Å². The predicted octanol–water partition coefficient (Wildman–Crippen LogP) is 3.68. The highest BCUT2D eigenvalue weighted by atomic mass is 16.5. The number of rotatable bonds is 5. The summed E-state index contributed by atoms with van der Waals surface area (Å²) in [7, 11) is 0. The second-order valence-corrected chi connectivity index (χ2v) is 6.42. The molecule has 0 radical (unpaired) electrons. The first-order chi connectivity index (χ1) is 14.2. The van der Waals surface area contributed by atoms with Gasteiger partial charge in [0.2, 0.25) is 17.6 Å². The Morgan fingerprint density at radius 2 is 1.83 bits per heavy atom. The number of H-pyrrole nitrogens is 2. The van der Waals surface area contributed by atoms with E-state index in [2.05, 4.69) is 25.1 Å². The van der Waals surface area contributed by atoms with E-state index in [1.807, 2.05) is 54.6 Å². The largest absolute Gasteiger partial charge is 0.438 e. The van der Waals surface area contributed by atoms with Crippen LogP contribution in [0, 0.1) is 0 Å². The molecular formula is C21H15N5O3. The third kappa shape index (κ3) is 3.51. The summed E-state index contributed by atoms with van der Waals surface area (Å²) in [6, 6.07) is 18.6. The molecule has 142 valence electrons. The molecule has 0 aliphatic carbocycles. The standard InChI is InChI=1S/C21H15N5O3/c27-21-23-16-9-8-13(11-17(16)24-21)12-18-25-19(26-29-18)15-7-4-10-22-20(15)28-14-5-2-1-3-6-14/h1-11H,12H2,(H2,23,24,27). The van der Waals surface area contributed by atoms with Crippen molar-refractivity contribution in [1.82, 2.24) is 25.1 Å². The molecule has 5 aromatic rings. The van der Waals surface area contributed by atoms with Crippen molar-refractivity contribution in [2.45, 2.75) is 6.42 Å². The number of hydrogen-bond donors (Lipinski definition) is 2. The molecule has 8 heteroatoms. The monoisotopic (exact) mass is 385 g/mol. The minimum atomic E-state index is -0.236. The number of para-hydroxylation sites is 1. The smallest absolute Gasteiger partial charge is 0.323 e. The lowest BCUT2D eigenvalue weighted by atomic mass is 10.1. The number of nitrogens with zero attached hydrogens (tertiary/aromatic N) is 3. The van der Waals surface area contributed by atoms with Gasteiger partial charge in [-0.25, -0.2) is 9.78 Å². The van der Waals surface area contributed by atoms with E-state index in [9.17, 15) is 4.79 Å². The Labute approximate surface area is 164 Å². The third-order valence-electron chi connectivity index (χ3n) is 4.37. The van der Waals surface area contributed by atoms with Crippen LogP contribution < -0.4 is 10.4 Å². The Morgan fingerprint density at radius 1 is 0.966 bits per heavy atom. The quantitative estimate of drug-likeness (QED) is 0.477. The molecule has 0 bridgehead atoms. The van der Waals surface area contributed by atoms with E-state index in [0.29, 0.717) is 35.3 Å². The van der Waals surface area contributed by atoms with Gasteiger partial charge in [0.15, 0.2) is 0 Å². The Morgan fingerprint density at radius 3 is 2.72 bits per heavy atom. The van der Waals surface area contributed by atoms with Crippen LogP contribution in [0.2, 0.25) is 0 Å². The fraction of sp³-hybridized carbons (Fsp3) is 0.0476. The number of aromatic amines is 2. The molecule has 2 N–H and O–H groups in total. The maximum absolute atomic E-state index is 11.4. The molecule has 3 aromatic heterocycles. The van der Waals surface area contributed by atoms with Gasteiger partial charge in [-0.05, 0) is 42.0 Å². The van der Waals surface area contributed by atoms with Crippen LogP contribution in [-0.2, 0) is 6.42 Å². The Hall–Kier alpha value is -4.20. The Balaban J connectivity index is 1.41. The van der Waals surface area contributed by atoms with Crippen LogP contribution in [0.25, 0.3) is 22.4 Å². The average Bonchev–Trinajstić information content (AvgIpc) is 3.34. The highest BCUT2D eigenvalue weighted by Gasteiger charge is 2.15. The number of imidazole rings is 1. The Kier molecular flexibility index (Phi) is 4.14. The molecule has 0 aliphatic rings. The number of fused-ring (bicyclic) bond motifs is 1. The van der Waals surface area contributed by atoms with Crippen LogP contribution in [0.4, 0.5) is 0 Å². The second kappa shape index (κ2) is 7.08. The summed E-state index contributed by atoms with van der Waals surface area (Å²) in [6.45, 7) is 0. The first-order valence-electron chi connectivity index (χ1n) is 8.96. The van der Waals surface area contributed by atoms with Gasteiger partial charge in [0.1, 0.15) is 5.75 Å². The van der Waals surface area contributed by atoms with Gasteiger partial charge in [-0.3, -0.25) is 0 Å². The number of benzene rings is 2. The predicted molar refractivity (Wildman–Crippen MR) is 106 cm³/mol. The summed E-state index contributed by atoms with van der Waals surface area (Å²) in [6.07, 6.45) is 2.08. The van der Waals surface area contributed by atoms with Gasteiger partial charge in [0.05, 0.1) is 23.0 Å². The zero-order valence-electron chi connectivity index (χ0n) is 15.1. The van der Waals surface area contributed by atoms with Crippen molar-refractivity contribution in [2.24, 2.45) is 0 Å². The molecule has 0 fully saturated rings. The molecule has 0 unspecified atom stereocenters. The summed E-state index contributed by atoms with van der Waals surface area (Å²) in [5.41, 5.74) is 2.83. The second-order valence-electron chi connectivity index (χ2n) is 6.42. The molecule has 0 atom stereocenters. The number of hydrogen-bond acceptors (Lipinski definition) is 6. The van der Waals surface area contributed by atoms with Crippen molar-refractivity contribution < 1.29 is 9.26 Å². The zero-order chi connectivity index (χ0) is 19.6. The molecule has 0 saturated carbocycles. The Bertz CT molecular complexity index is 1340. The molecule has 5 rings (SSSR count). The van der Waals surface area contributed by atoms with Crippen molar-refractivity contribution in [3.8, 4) is 23.0 Å². The summed E-state index contributed by atoms with van der Waals surface area (Å²) >= 11 is 0. The van der Waals surface area contributed by atoms with Gasteiger partial charge in [-0.1, -0.05) is 29.4 Å². The zero-order valence-corrected chi connectivity index (χ0v) is 15.1. The lowest BCUT2D eigenvalue weighted by molar-refractivity contribution is 0.385. The number of aromatic nitrogens is 5. The van der Waals surface area contributed by atoms with E-state index < -0.39 is 0 Å². The van der Waals surface area contributed by atoms with Gasteiger partial charge >= 0.3 is 5.69 Å². The first-order valence-corrected chi connectivity index (χ1v) is 8.96. The molecule has 0 saturated heterocycles. The van der Waals surface area contributed by atoms with Crippen molar-refractivity contribution >= 4 is 11.0 Å². The van der Waals surface area contributed by atoms with Gasteiger partial charge in [0, 0.05) is 6.20 Å². The molecule has 8 nitrogen and oxygen atoms in total. The van der Waals surface area contributed by atoms with Crippen LogP contribution in [0.1, 0.15) is 11.5 Å². The normalized spacial score (nSPS) is 11.0. The summed E-state index contributed by atoms with van der Waals surface area (Å²) in [4.78, 5) is 25.7. The maximum Gasteiger partial charge on any atom is 0.323 e. The number of pyridine rings is 1. The number of nitrogens with one attached hydrogen (secondary N) is 2.